The van der Waals surface area contributed by atoms with Crippen LogP contribution in [0.1, 0.15) is 28.9 Å². The van der Waals surface area contributed by atoms with Crippen LogP contribution in [0.3, 0.4) is 0 Å². The number of nitrogens with zero attached hydrogens (tertiary/aromatic N) is 2. The van der Waals surface area contributed by atoms with Crippen molar-refractivity contribution in [2.45, 2.75) is 33.4 Å². The normalized spacial score (nSPS) is 10.7. The van der Waals surface area contributed by atoms with Crippen molar-refractivity contribution in [1.82, 2.24) is 15.3 Å². The van der Waals surface area contributed by atoms with E-state index in [2.05, 4.69) is 33.7 Å². The topological polar surface area (TPSA) is 37.8 Å². The molecular weight excluding hydrogens is 230 g/mol. The number of hydrogen-bond donors (Lipinski definition) is 1. The zero-order valence-electron chi connectivity index (χ0n) is 10.2. The summed E-state index contributed by atoms with van der Waals surface area (Å²) in [4.78, 5) is 8.83. The summed E-state index contributed by atoms with van der Waals surface area (Å²) in [7, 11) is 0. The molecule has 2 aromatic heterocycles. The van der Waals surface area contributed by atoms with Gasteiger partial charge < -0.3 is 5.32 Å². The number of hydrogen-bond acceptors (Lipinski definition) is 4. The quantitative estimate of drug-likeness (QED) is 0.882. The second kappa shape index (κ2) is 5.89. The van der Waals surface area contributed by atoms with Crippen LogP contribution in [0.4, 0.5) is 0 Å². The molecule has 2 heterocycles. The molecule has 0 spiro atoms. The molecule has 90 valence electrons. The fourth-order valence-corrected chi connectivity index (χ4v) is 2.36. The molecule has 0 aliphatic rings. The number of pyridine rings is 1. The molecule has 0 bridgehead atoms. The minimum Gasteiger partial charge on any atom is -0.305 e. The van der Waals surface area contributed by atoms with Crippen molar-refractivity contribution in [2.75, 3.05) is 0 Å². The van der Waals surface area contributed by atoms with Crippen molar-refractivity contribution >= 4 is 11.3 Å². The average molecular weight is 247 g/mol. The van der Waals surface area contributed by atoms with Gasteiger partial charge in [-0.15, -0.1) is 11.3 Å². The summed E-state index contributed by atoms with van der Waals surface area (Å²) in [6, 6.07) is 4.13. The van der Waals surface area contributed by atoms with E-state index >= 15 is 0 Å². The average Bonchev–Trinajstić information content (AvgIpc) is 2.76. The highest BCUT2D eigenvalue weighted by Gasteiger charge is 2.02. The molecular formula is C13H17N3S. The van der Waals surface area contributed by atoms with Gasteiger partial charge in [-0.3, -0.25) is 4.98 Å². The molecule has 0 saturated heterocycles. The van der Waals surface area contributed by atoms with Crippen LogP contribution in [-0.4, -0.2) is 9.97 Å². The van der Waals surface area contributed by atoms with Gasteiger partial charge in [-0.2, -0.15) is 0 Å². The van der Waals surface area contributed by atoms with E-state index in [4.69, 9.17) is 0 Å². The predicted octanol–water partition coefficient (Wildman–Crippen LogP) is 2.70. The molecule has 17 heavy (non-hydrogen) atoms. The third kappa shape index (κ3) is 3.35. The Balaban J connectivity index is 1.89. The maximum absolute atomic E-state index is 4.42. The standard InChI is InChI=1S/C13H17N3S/c1-3-11-5-4-6-15-13(11)8-14-7-12-9-17-10(2)16-12/h4-6,9,14H,3,7-8H2,1-2H3. The Morgan fingerprint density at radius 1 is 1.35 bits per heavy atom. The summed E-state index contributed by atoms with van der Waals surface area (Å²) in [6.07, 6.45) is 2.88. The van der Waals surface area contributed by atoms with Gasteiger partial charge in [-0.25, -0.2) is 4.98 Å². The lowest BCUT2D eigenvalue weighted by Gasteiger charge is -2.06. The molecule has 4 heteroatoms. The second-order valence-electron chi connectivity index (χ2n) is 3.92. The SMILES string of the molecule is CCc1cccnc1CNCc1csc(C)n1. The first kappa shape index (κ1) is 12.2. The van der Waals surface area contributed by atoms with Crippen molar-refractivity contribution < 1.29 is 0 Å². The lowest BCUT2D eigenvalue weighted by atomic mass is 10.1. The second-order valence-corrected chi connectivity index (χ2v) is 4.99. The minimum absolute atomic E-state index is 0.806. The Kier molecular flexibility index (Phi) is 4.23. The van der Waals surface area contributed by atoms with Crippen LogP contribution in [0.2, 0.25) is 0 Å². The van der Waals surface area contributed by atoms with Crippen molar-refractivity contribution in [3.8, 4) is 0 Å². The van der Waals surface area contributed by atoms with Gasteiger partial charge in [0.25, 0.3) is 0 Å². The molecule has 0 amide bonds. The Labute approximate surface area is 106 Å². The van der Waals surface area contributed by atoms with Crippen molar-refractivity contribution in [3.05, 3.63) is 45.7 Å². The maximum atomic E-state index is 4.42. The van der Waals surface area contributed by atoms with Crippen LogP contribution in [-0.2, 0) is 19.5 Å². The smallest absolute Gasteiger partial charge is 0.0897 e. The van der Waals surface area contributed by atoms with Crippen molar-refractivity contribution in [3.63, 3.8) is 0 Å². The molecule has 0 aliphatic heterocycles. The zero-order valence-corrected chi connectivity index (χ0v) is 11.0. The van der Waals surface area contributed by atoms with E-state index in [0.29, 0.717) is 0 Å². The summed E-state index contributed by atoms with van der Waals surface area (Å²) < 4.78 is 0. The molecule has 1 N–H and O–H groups in total. The highest BCUT2D eigenvalue weighted by atomic mass is 32.1. The largest absolute Gasteiger partial charge is 0.305 e. The van der Waals surface area contributed by atoms with Crippen LogP contribution < -0.4 is 5.32 Å². The zero-order chi connectivity index (χ0) is 12.1. The lowest BCUT2D eigenvalue weighted by molar-refractivity contribution is 0.663. The summed E-state index contributed by atoms with van der Waals surface area (Å²) in [5.41, 5.74) is 3.57. The fraction of sp³-hybridized carbons (Fsp3) is 0.385. The van der Waals surface area contributed by atoms with Crippen molar-refractivity contribution in [1.29, 1.82) is 0 Å². The van der Waals surface area contributed by atoms with Gasteiger partial charge in [0.05, 0.1) is 16.4 Å². The van der Waals surface area contributed by atoms with E-state index in [-0.39, 0.29) is 0 Å². The Morgan fingerprint density at radius 2 is 2.24 bits per heavy atom. The van der Waals surface area contributed by atoms with Gasteiger partial charge in [-0.1, -0.05) is 13.0 Å². The van der Waals surface area contributed by atoms with Gasteiger partial charge in [-0.05, 0) is 25.0 Å². The number of aryl methyl sites for hydroxylation is 2. The molecule has 0 radical (unpaired) electrons. The highest BCUT2D eigenvalue weighted by Crippen LogP contribution is 2.09. The maximum Gasteiger partial charge on any atom is 0.0897 e. The molecule has 0 aliphatic carbocycles. The van der Waals surface area contributed by atoms with Gasteiger partial charge in [0.1, 0.15) is 0 Å². The van der Waals surface area contributed by atoms with Crippen LogP contribution in [0.5, 0.6) is 0 Å². The molecule has 0 aromatic carbocycles. The van der Waals surface area contributed by atoms with E-state index in [9.17, 15) is 0 Å². The monoisotopic (exact) mass is 247 g/mol. The van der Waals surface area contributed by atoms with Crippen LogP contribution in [0.25, 0.3) is 0 Å². The number of thiazole rings is 1. The number of aromatic nitrogens is 2. The summed E-state index contributed by atoms with van der Waals surface area (Å²) in [6.45, 7) is 5.80. The summed E-state index contributed by atoms with van der Waals surface area (Å²) in [5, 5.41) is 6.61. The number of rotatable bonds is 5. The summed E-state index contributed by atoms with van der Waals surface area (Å²) in [5.74, 6) is 0. The molecule has 2 rings (SSSR count). The van der Waals surface area contributed by atoms with E-state index < -0.39 is 0 Å². The van der Waals surface area contributed by atoms with Gasteiger partial charge in [0.15, 0.2) is 0 Å². The predicted molar refractivity (Wildman–Crippen MR) is 71.0 cm³/mol. The first-order valence-corrected chi connectivity index (χ1v) is 6.72. The Morgan fingerprint density at radius 3 is 2.94 bits per heavy atom. The summed E-state index contributed by atoms with van der Waals surface area (Å²) >= 11 is 1.69. The Hall–Kier alpha value is -1.26. The van der Waals surface area contributed by atoms with Crippen LogP contribution in [0, 0.1) is 6.92 Å². The Bertz CT molecular complexity index is 479. The van der Waals surface area contributed by atoms with Crippen molar-refractivity contribution in [2.24, 2.45) is 0 Å². The van der Waals surface area contributed by atoms with Gasteiger partial charge >= 0.3 is 0 Å². The van der Waals surface area contributed by atoms with E-state index in [0.717, 1.165) is 35.9 Å². The molecule has 0 fully saturated rings. The lowest BCUT2D eigenvalue weighted by Crippen LogP contribution is -2.15. The van der Waals surface area contributed by atoms with Gasteiger partial charge in [0, 0.05) is 24.7 Å². The van der Waals surface area contributed by atoms with E-state index in [1.54, 1.807) is 11.3 Å². The first-order chi connectivity index (χ1) is 8.29. The molecule has 2 aromatic rings. The molecule has 0 atom stereocenters. The number of nitrogens with one attached hydrogen (secondary N) is 1. The van der Waals surface area contributed by atoms with E-state index in [1.165, 1.54) is 5.56 Å². The third-order valence-electron chi connectivity index (χ3n) is 2.63. The fourth-order valence-electron chi connectivity index (χ4n) is 1.75. The van der Waals surface area contributed by atoms with E-state index in [1.807, 2.05) is 19.2 Å². The molecule has 0 unspecified atom stereocenters. The van der Waals surface area contributed by atoms with Crippen LogP contribution in [0.15, 0.2) is 23.7 Å². The molecule has 0 saturated carbocycles. The van der Waals surface area contributed by atoms with Gasteiger partial charge in [0.2, 0.25) is 0 Å². The third-order valence-corrected chi connectivity index (χ3v) is 3.45. The molecule has 3 nitrogen and oxygen atoms in total. The van der Waals surface area contributed by atoms with Crippen LogP contribution >= 0.6 is 11.3 Å². The first-order valence-electron chi connectivity index (χ1n) is 5.84. The minimum atomic E-state index is 0.806. The highest BCUT2D eigenvalue weighted by molar-refractivity contribution is 7.09.